The lowest BCUT2D eigenvalue weighted by molar-refractivity contribution is 0.0284. The van der Waals surface area contributed by atoms with Gasteiger partial charge in [0.25, 0.3) is 0 Å². The number of aliphatic hydroxyl groups excluding tert-OH is 1. The molecule has 2 atom stereocenters. The van der Waals surface area contributed by atoms with Crippen molar-refractivity contribution >= 4 is 0 Å². The fraction of sp³-hybridized carbons (Fsp3) is 1.00. The van der Waals surface area contributed by atoms with Gasteiger partial charge in [-0.25, -0.2) is 0 Å². The second-order valence-electron chi connectivity index (χ2n) is 5.66. The Balaban J connectivity index is 2.45. The van der Waals surface area contributed by atoms with Crippen LogP contribution in [0.5, 0.6) is 0 Å². The zero-order valence-electron chi connectivity index (χ0n) is 10.8. The molecule has 1 saturated carbocycles. The van der Waals surface area contributed by atoms with Gasteiger partial charge in [-0.3, -0.25) is 0 Å². The van der Waals surface area contributed by atoms with E-state index in [0.29, 0.717) is 5.92 Å². The third-order valence-electron chi connectivity index (χ3n) is 4.28. The Morgan fingerprint density at radius 1 is 1.27 bits per heavy atom. The first kappa shape index (κ1) is 13.0. The smallest absolute Gasteiger partial charge is 0.0580 e. The lowest BCUT2D eigenvalue weighted by Gasteiger charge is -2.39. The summed E-state index contributed by atoms with van der Waals surface area (Å²) >= 11 is 0. The van der Waals surface area contributed by atoms with Crippen molar-refractivity contribution in [1.29, 1.82) is 0 Å². The Bertz CT molecular complexity index is 191. The maximum Gasteiger partial charge on any atom is 0.0580 e. The number of hydrogen-bond acceptors (Lipinski definition) is 2. The number of hydrogen-bond donors (Lipinski definition) is 1. The van der Waals surface area contributed by atoms with Crippen molar-refractivity contribution in [2.45, 2.75) is 64.5 Å². The van der Waals surface area contributed by atoms with Crippen LogP contribution in [0.4, 0.5) is 0 Å². The van der Waals surface area contributed by atoms with Gasteiger partial charge in [-0.2, -0.15) is 0 Å². The molecule has 1 rings (SSSR count). The molecule has 1 aliphatic rings. The van der Waals surface area contributed by atoms with Crippen molar-refractivity contribution in [3.63, 3.8) is 0 Å². The molecule has 1 fully saturated rings. The van der Waals surface area contributed by atoms with E-state index in [-0.39, 0.29) is 11.6 Å². The highest BCUT2D eigenvalue weighted by molar-refractivity contribution is 4.83. The summed E-state index contributed by atoms with van der Waals surface area (Å²) in [7, 11) is 2.19. The van der Waals surface area contributed by atoms with Crippen LogP contribution in [0.25, 0.3) is 0 Å². The maximum absolute atomic E-state index is 9.93. The molecule has 2 unspecified atom stereocenters. The van der Waals surface area contributed by atoms with Crippen LogP contribution in [0.2, 0.25) is 0 Å². The zero-order chi connectivity index (χ0) is 11.5. The fourth-order valence-corrected chi connectivity index (χ4v) is 2.27. The summed E-state index contributed by atoms with van der Waals surface area (Å²) in [4.78, 5) is 2.41. The summed E-state index contributed by atoms with van der Waals surface area (Å²) in [6.45, 7) is 7.83. The van der Waals surface area contributed by atoms with Crippen LogP contribution in [0, 0.1) is 5.92 Å². The van der Waals surface area contributed by atoms with E-state index in [1.54, 1.807) is 0 Å². The van der Waals surface area contributed by atoms with Gasteiger partial charge in [0.05, 0.1) is 6.10 Å². The molecule has 0 aromatic rings. The molecular formula is C13H27NO. The minimum absolute atomic E-state index is 0.0612. The first-order valence-electron chi connectivity index (χ1n) is 6.36. The molecule has 0 spiro atoms. The van der Waals surface area contributed by atoms with Crippen LogP contribution in [-0.2, 0) is 0 Å². The zero-order valence-corrected chi connectivity index (χ0v) is 10.8. The van der Waals surface area contributed by atoms with Gasteiger partial charge in [0.1, 0.15) is 0 Å². The Hall–Kier alpha value is -0.0800. The lowest BCUT2D eigenvalue weighted by Crippen LogP contribution is -2.45. The average Bonchev–Trinajstić information content (AvgIpc) is 2.21. The van der Waals surface area contributed by atoms with Gasteiger partial charge in [0, 0.05) is 12.1 Å². The fourth-order valence-electron chi connectivity index (χ4n) is 2.27. The van der Waals surface area contributed by atoms with E-state index in [0.717, 1.165) is 19.4 Å². The van der Waals surface area contributed by atoms with Gasteiger partial charge in [-0.05, 0) is 46.1 Å². The maximum atomic E-state index is 9.93. The van der Waals surface area contributed by atoms with Crippen molar-refractivity contribution in [3.8, 4) is 0 Å². The normalized spacial score (nSPS) is 28.4. The highest BCUT2D eigenvalue weighted by Crippen LogP contribution is 2.27. The highest BCUT2D eigenvalue weighted by Gasteiger charge is 2.28. The van der Waals surface area contributed by atoms with E-state index in [1.807, 2.05) is 0 Å². The van der Waals surface area contributed by atoms with Crippen LogP contribution in [0.3, 0.4) is 0 Å². The van der Waals surface area contributed by atoms with E-state index in [1.165, 1.54) is 19.3 Å². The molecule has 0 amide bonds. The Morgan fingerprint density at radius 3 is 2.40 bits per heavy atom. The molecule has 2 heteroatoms. The van der Waals surface area contributed by atoms with Gasteiger partial charge >= 0.3 is 0 Å². The van der Waals surface area contributed by atoms with Gasteiger partial charge in [-0.1, -0.05) is 19.8 Å². The van der Waals surface area contributed by atoms with Crippen LogP contribution >= 0.6 is 0 Å². The van der Waals surface area contributed by atoms with E-state index < -0.39 is 0 Å². The van der Waals surface area contributed by atoms with E-state index in [4.69, 9.17) is 0 Å². The molecule has 0 aromatic carbocycles. The quantitative estimate of drug-likeness (QED) is 0.776. The molecule has 1 aliphatic carbocycles. The molecule has 0 saturated heterocycles. The van der Waals surface area contributed by atoms with Crippen molar-refractivity contribution in [2.75, 3.05) is 13.6 Å². The molecule has 0 heterocycles. The first-order valence-corrected chi connectivity index (χ1v) is 6.36. The molecule has 0 bridgehead atoms. The van der Waals surface area contributed by atoms with Crippen LogP contribution in [0.15, 0.2) is 0 Å². The summed E-state index contributed by atoms with van der Waals surface area (Å²) in [6, 6.07) is 0. The minimum Gasteiger partial charge on any atom is -0.393 e. The molecular weight excluding hydrogens is 186 g/mol. The largest absolute Gasteiger partial charge is 0.393 e. The molecule has 0 aromatic heterocycles. The lowest BCUT2D eigenvalue weighted by atomic mass is 9.85. The summed E-state index contributed by atoms with van der Waals surface area (Å²) in [6.07, 6.45) is 5.80. The van der Waals surface area contributed by atoms with E-state index >= 15 is 0 Å². The molecule has 0 aliphatic heterocycles. The molecule has 0 radical (unpaired) electrons. The molecule has 2 nitrogen and oxygen atoms in total. The Labute approximate surface area is 94.7 Å². The van der Waals surface area contributed by atoms with E-state index in [9.17, 15) is 5.11 Å². The van der Waals surface area contributed by atoms with Crippen LogP contribution < -0.4 is 0 Å². The minimum atomic E-state index is -0.0612. The Morgan fingerprint density at radius 2 is 1.87 bits per heavy atom. The summed E-state index contributed by atoms with van der Waals surface area (Å²) in [5.74, 6) is 0.495. The second-order valence-corrected chi connectivity index (χ2v) is 5.66. The average molecular weight is 213 g/mol. The standard InChI is InChI=1S/C13H27NO/c1-5-13(2,3)14(4)10-11-8-6-7-9-12(11)15/h11-12,15H,5-10H2,1-4H3. The van der Waals surface area contributed by atoms with Crippen molar-refractivity contribution < 1.29 is 5.11 Å². The van der Waals surface area contributed by atoms with Gasteiger partial charge in [0.15, 0.2) is 0 Å². The van der Waals surface area contributed by atoms with Crippen molar-refractivity contribution in [1.82, 2.24) is 4.90 Å². The molecule has 90 valence electrons. The Kier molecular flexibility index (Phi) is 4.60. The van der Waals surface area contributed by atoms with Crippen molar-refractivity contribution in [2.24, 2.45) is 5.92 Å². The first-order chi connectivity index (χ1) is 6.97. The predicted octanol–water partition coefficient (Wildman–Crippen LogP) is 2.66. The summed E-state index contributed by atoms with van der Waals surface area (Å²) in [5, 5.41) is 9.93. The SMILES string of the molecule is CCC(C)(C)N(C)CC1CCCCC1O. The summed E-state index contributed by atoms with van der Waals surface area (Å²) in [5.41, 5.74) is 0.261. The monoisotopic (exact) mass is 213 g/mol. The second kappa shape index (κ2) is 5.31. The predicted molar refractivity (Wildman–Crippen MR) is 65.0 cm³/mol. The highest BCUT2D eigenvalue weighted by atomic mass is 16.3. The van der Waals surface area contributed by atoms with Gasteiger partial charge in [-0.15, -0.1) is 0 Å². The number of rotatable bonds is 4. The van der Waals surface area contributed by atoms with Gasteiger partial charge < -0.3 is 10.0 Å². The van der Waals surface area contributed by atoms with Crippen LogP contribution in [-0.4, -0.2) is 35.2 Å². The topological polar surface area (TPSA) is 23.5 Å². The third kappa shape index (κ3) is 3.46. The molecule has 1 N–H and O–H groups in total. The number of nitrogens with zero attached hydrogens (tertiary/aromatic N) is 1. The van der Waals surface area contributed by atoms with Crippen molar-refractivity contribution in [3.05, 3.63) is 0 Å². The number of aliphatic hydroxyl groups is 1. The van der Waals surface area contributed by atoms with Gasteiger partial charge in [0.2, 0.25) is 0 Å². The molecule has 15 heavy (non-hydrogen) atoms. The third-order valence-corrected chi connectivity index (χ3v) is 4.28. The summed E-state index contributed by atoms with van der Waals surface area (Å²) < 4.78 is 0. The van der Waals surface area contributed by atoms with E-state index in [2.05, 4.69) is 32.7 Å². The van der Waals surface area contributed by atoms with Crippen LogP contribution in [0.1, 0.15) is 52.9 Å².